The molecular formula is C18H23N5O3S. The highest BCUT2D eigenvalue weighted by Gasteiger charge is 2.21. The van der Waals surface area contributed by atoms with Gasteiger partial charge in [0, 0.05) is 30.4 Å². The van der Waals surface area contributed by atoms with Crippen LogP contribution in [0.15, 0.2) is 30.3 Å². The number of nitrogens with two attached hydrogens (primary N) is 1. The van der Waals surface area contributed by atoms with Gasteiger partial charge in [0.25, 0.3) is 0 Å². The van der Waals surface area contributed by atoms with E-state index in [1.54, 1.807) is 41.5 Å². The van der Waals surface area contributed by atoms with Crippen molar-refractivity contribution in [2.75, 3.05) is 30.4 Å². The Bertz CT molecular complexity index is 792. The number of nitrogen functional groups attached to an aromatic ring is 1. The van der Waals surface area contributed by atoms with E-state index < -0.39 is 11.2 Å². The van der Waals surface area contributed by atoms with Crippen molar-refractivity contribution in [1.29, 1.82) is 0 Å². The van der Waals surface area contributed by atoms with Crippen molar-refractivity contribution >= 4 is 28.7 Å². The monoisotopic (exact) mass is 389 g/mol. The van der Waals surface area contributed by atoms with E-state index >= 15 is 0 Å². The average Bonchev–Trinajstić information content (AvgIpc) is 2.61. The molecule has 144 valence electrons. The molecule has 9 heteroatoms. The fourth-order valence-corrected chi connectivity index (χ4v) is 3.47. The molecule has 2 heterocycles. The summed E-state index contributed by atoms with van der Waals surface area (Å²) >= 11 is -1.02. The SMILES string of the molecule is C[S+]([O-])Cc1cc(N)nc(-c2ccc(NC(=O)N3CCC(O)CC3)cc2)n1. The molecule has 1 atom stereocenters. The third-order valence-corrected chi connectivity index (χ3v) is 5.00. The van der Waals surface area contributed by atoms with Crippen molar-refractivity contribution in [3.63, 3.8) is 0 Å². The summed E-state index contributed by atoms with van der Waals surface area (Å²) in [6, 6.07) is 8.60. The number of aliphatic hydroxyl groups is 1. The van der Waals surface area contributed by atoms with Crippen LogP contribution in [0.2, 0.25) is 0 Å². The number of nitrogens with zero attached hydrogens (tertiary/aromatic N) is 3. The van der Waals surface area contributed by atoms with E-state index in [1.807, 2.05) is 0 Å². The second-order valence-electron chi connectivity index (χ2n) is 6.55. The zero-order valence-electron chi connectivity index (χ0n) is 15.1. The Kier molecular flexibility index (Phi) is 6.15. The lowest BCUT2D eigenvalue weighted by molar-refractivity contribution is 0.0972. The summed E-state index contributed by atoms with van der Waals surface area (Å²) in [4.78, 5) is 22.6. The van der Waals surface area contributed by atoms with Crippen LogP contribution in [-0.2, 0) is 16.9 Å². The summed E-state index contributed by atoms with van der Waals surface area (Å²) in [6.45, 7) is 1.09. The van der Waals surface area contributed by atoms with Crippen LogP contribution in [-0.4, -0.2) is 56.0 Å². The highest BCUT2D eigenvalue weighted by Crippen LogP contribution is 2.21. The molecule has 0 radical (unpaired) electrons. The van der Waals surface area contributed by atoms with Crippen LogP contribution in [0, 0.1) is 0 Å². The highest BCUT2D eigenvalue weighted by molar-refractivity contribution is 7.89. The van der Waals surface area contributed by atoms with E-state index in [9.17, 15) is 14.5 Å². The van der Waals surface area contributed by atoms with Crippen LogP contribution in [0.3, 0.4) is 0 Å². The van der Waals surface area contributed by atoms with Crippen molar-refractivity contribution in [2.24, 2.45) is 0 Å². The highest BCUT2D eigenvalue weighted by atomic mass is 32.2. The van der Waals surface area contributed by atoms with Gasteiger partial charge in [-0.3, -0.25) is 0 Å². The quantitative estimate of drug-likeness (QED) is 0.682. The standard InChI is InChI=1S/C18H23N5O3S/c1-27(26)11-14-10-16(19)22-17(20-14)12-2-4-13(5-3-12)21-18(25)23-8-6-15(24)7-9-23/h2-5,10,15,24H,6-9,11H2,1H3,(H,21,25)(H2,19,20,22). The number of urea groups is 1. The molecule has 1 fully saturated rings. The number of carbonyl (C=O) groups is 1. The number of aliphatic hydroxyl groups excluding tert-OH is 1. The van der Waals surface area contributed by atoms with Gasteiger partial charge in [0.1, 0.15) is 11.6 Å². The molecule has 1 aromatic carbocycles. The van der Waals surface area contributed by atoms with E-state index in [0.717, 1.165) is 5.56 Å². The van der Waals surface area contributed by atoms with Crippen LogP contribution in [0.25, 0.3) is 11.4 Å². The number of hydrogen-bond donors (Lipinski definition) is 3. The molecule has 1 saturated heterocycles. The first-order chi connectivity index (χ1) is 12.9. The van der Waals surface area contributed by atoms with Crippen LogP contribution in [0.5, 0.6) is 0 Å². The van der Waals surface area contributed by atoms with Gasteiger partial charge in [-0.1, -0.05) is 11.2 Å². The number of likely N-dealkylation sites (tertiary alicyclic amines) is 1. The lowest BCUT2D eigenvalue weighted by Crippen LogP contribution is -2.42. The Morgan fingerprint density at radius 2 is 2.00 bits per heavy atom. The smallest absolute Gasteiger partial charge is 0.321 e. The molecule has 1 aromatic heterocycles. The predicted molar refractivity (Wildman–Crippen MR) is 105 cm³/mol. The number of benzene rings is 1. The number of rotatable bonds is 4. The first-order valence-corrected chi connectivity index (χ1v) is 10.4. The maximum Gasteiger partial charge on any atom is 0.321 e. The molecule has 2 amide bonds. The van der Waals surface area contributed by atoms with E-state index in [4.69, 9.17) is 5.73 Å². The lowest BCUT2D eigenvalue weighted by Gasteiger charge is -2.29. The van der Waals surface area contributed by atoms with Gasteiger partial charge in [-0.15, -0.1) is 0 Å². The summed E-state index contributed by atoms with van der Waals surface area (Å²) in [6.07, 6.45) is 2.49. The minimum atomic E-state index is -1.02. The van der Waals surface area contributed by atoms with Gasteiger partial charge < -0.3 is 25.6 Å². The van der Waals surface area contributed by atoms with E-state index in [2.05, 4.69) is 15.3 Å². The van der Waals surface area contributed by atoms with Gasteiger partial charge in [0.15, 0.2) is 5.82 Å². The Labute approximate surface area is 161 Å². The van der Waals surface area contributed by atoms with Crippen molar-refractivity contribution < 1.29 is 14.5 Å². The number of hydrogen-bond acceptors (Lipinski definition) is 6. The van der Waals surface area contributed by atoms with Crippen molar-refractivity contribution in [2.45, 2.75) is 24.7 Å². The van der Waals surface area contributed by atoms with Crippen molar-refractivity contribution in [1.82, 2.24) is 14.9 Å². The number of aromatic nitrogens is 2. The van der Waals surface area contributed by atoms with Crippen molar-refractivity contribution in [3.8, 4) is 11.4 Å². The normalized spacial score (nSPS) is 16.2. The molecule has 0 bridgehead atoms. The van der Waals surface area contributed by atoms with Crippen LogP contribution in [0.4, 0.5) is 16.3 Å². The third-order valence-electron chi connectivity index (χ3n) is 4.30. The molecule has 3 rings (SSSR count). The van der Waals surface area contributed by atoms with Crippen LogP contribution < -0.4 is 11.1 Å². The predicted octanol–water partition coefficient (Wildman–Crippen LogP) is 1.59. The second kappa shape index (κ2) is 8.55. The first-order valence-electron chi connectivity index (χ1n) is 8.68. The van der Waals surface area contributed by atoms with Gasteiger partial charge in [-0.2, -0.15) is 0 Å². The summed E-state index contributed by atoms with van der Waals surface area (Å²) in [5.41, 5.74) is 7.87. The molecule has 8 nitrogen and oxygen atoms in total. The maximum atomic E-state index is 12.3. The number of nitrogens with one attached hydrogen (secondary N) is 1. The molecule has 27 heavy (non-hydrogen) atoms. The molecule has 0 spiro atoms. The number of amides is 2. The number of anilines is 2. The minimum absolute atomic E-state index is 0.178. The molecule has 4 N–H and O–H groups in total. The average molecular weight is 389 g/mol. The molecule has 1 aliphatic rings. The van der Waals surface area contributed by atoms with Crippen LogP contribution >= 0.6 is 0 Å². The molecular weight excluding hydrogens is 366 g/mol. The van der Waals surface area contributed by atoms with E-state index in [-0.39, 0.29) is 12.1 Å². The maximum absolute atomic E-state index is 12.3. The van der Waals surface area contributed by atoms with Gasteiger partial charge in [-0.25, -0.2) is 14.8 Å². The minimum Gasteiger partial charge on any atom is -0.616 e. The Balaban J connectivity index is 1.68. The molecule has 1 aliphatic heterocycles. The summed E-state index contributed by atoms with van der Waals surface area (Å²) in [5, 5.41) is 12.4. The summed E-state index contributed by atoms with van der Waals surface area (Å²) < 4.78 is 11.4. The third kappa shape index (κ3) is 5.31. The number of piperidine rings is 1. The summed E-state index contributed by atoms with van der Waals surface area (Å²) in [5.74, 6) is 1.10. The Morgan fingerprint density at radius 3 is 2.63 bits per heavy atom. The van der Waals surface area contributed by atoms with Crippen LogP contribution in [0.1, 0.15) is 18.5 Å². The first kappa shape index (κ1) is 19.4. The van der Waals surface area contributed by atoms with Gasteiger partial charge >= 0.3 is 6.03 Å². The van der Waals surface area contributed by atoms with E-state index in [0.29, 0.717) is 54.7 Å². The second-order valence-corrected chi connectivity index (χ2v) is 7.99. The van der Waals surface area contributed by atoms with Gasteiger partial charge in [-0.05, 0) is 37.1 Å². The zero-order chi connectivity index (χ0) is 19.4. The van der Waals surface area contributed by atoms with Gasteiger partial charge in [0.05, 0.1) is 18.1 Å². The van der Waals surface area contributed by atoms with E-state index in [1.165, 1.54) is 0 Å². The number of carbonyl (C=O) groups excluding carboxylic acids is 1. The Morgan fingerprint density at radius 1 is 1.33 bits per heavy atom. The fraction of sp³-hybridized carbons (Fsp3) is 0.389. The molecule has 0 saturated carbocycles. The largest absolute Gasteiger partial charge is 0.616 e. The Hall–Kier alpha value is -2.36. The molecule has 1 unspecified atom stereocenters. The van der Waals surface area contributed by atoms with Crippen molar-refractivity contribution in [3.05, 3.63) is 36.0 Å². The fourth-order valence-electron chi connectivity index (χ4n) is 2.90. The molecule has 0 aliphatic carbocycles. The lowest BCUT2D eigenvalue weighted by atomic mass is 10.1. The van der Waals surface area contributed by atoms with Gasteiger partial charge in [0.2, 0.25) is 0 Å². The summed E-state index contributed by atoms with van der Waals surface area (Å²) in [7, 11) is 0. The topological polar surface area (TPSA) is 127 Å². The zero-order valence-corrected chi connectivity index (χ0v) is 15.9. The molecule has 2 aromatic rings.